The second-order valence-corrected chi connectivity index (χ2v) is 6.12. The molecule has 0 atom stereocenters. The average Bonchev–Trinajstić information content (AvgIpc) is 2.61. The van der Waals surface area contributed by atoms with Gasteiger partial charge in [0.05, 0.1) is 4.92 Å². The number of carbonyl (C=O) groups excluding carboxylic acids is 1. The molecule has 0 unspecified atom stereocenters. The number of nitro benzene ring substituents is 1. The predicted molar refractivity (Wildman–Crippen MR) is 97.7 cm³/mol. The number of amides is 1. The Labute approximate surface area is 144 Å². The molecule has 2 aromatic rings. The molecular weight excluding hydrogens is 324 g/mol. The minimum atomic E-state index is -0.451. The van der Waals surface area contributed by atoms with Crippen molar-refractivity contribution < 1.29 is 9.72 Å². The van der Waals surface area contributed by atoms with E-state index in [1.807, 2.05) is 18.2 Å². The molecule has 0 bridgehead atoms. The molecule has 0 saturated heterocycles. The zero-order valence-corrected chi connectivity index (χ0v) is 13.9. The lowest BCUT2D eigenvalue weighted by Crippen LogP contribution is -2.23. The molecular formula is C18H18N2O3S. The molecule has 0 aliphatic heterocycles. The number of nitrogens with one attached hydrogen (secondary N) is 1. The van der Waals surface area contributed by atoms with Crippen LogP contribution in [0.1, 0.15) is 11.1 Å². The van der Waals surface area contributed by atoms with Crippen molar-refractivity contribution in [1.82, 2.24) is 5.32 Å². The third kappa shape index (κ3) is 6.26. The first-order chi connectivity index (χ1) is 11.6. The SMILES string of the molecule is O=C(/C=C/c1ccc([N+](=O)[O-])cc1)NCCSCc1ccccc1. The summed E-state index contributed by atoms with van der Waals surface area (Å²) in [5.74, 6) is 1.59. The summed E-state index contributed by atoms with van der Waals surface area (Å²) in [5, 5.41) is 13.4. The van der Waals surface area contributed by atoms with Gasteiger partial charge in [0, 0.05) is 36.3 Å². The van der Waals surface area contributed by atoms with E-state index in [-0.39, 0.29) is 11.6 Å². The van der Waals surface area contributed by atoms with Crippen LogP contribution in [-0.2, 0) is 10.5 Å². The largest absolute Gasteiger partial charge is 0.352 e. The highest BCUT2D eigenvalue weighted by Crippen LogP contribution is 2.13. The van der Waals surface area contributed by atoms with Gasteiger partial charge in [0.2, 0.25) is 5.91 Å². The van der Waals surface area contributed by atoms with Crippen LogP contribution in [0.15, 0.2) is 60.7 Å². The van der Waals surface area contributed by atoms with E-state index in [1.54, 1.807) is 30.0 Å². The van der Waals surface area contributed by atoms with Gasteiger partial charge in [0.1, 0.15) is 0 Å². The van der Waals surface area contributed by atoms with E-state index in [9.17, 15) is 14.9 Å². The molecule has 0 fully saturated rings. The number of thioether (sulfide) groups is 1. The van der Waals surface area contributed by atoms with Crippen LogP contribution in [0.4, 0.5) is 5.69 Å². The minimum Gasteiger partial charge on any atom is -0.352 e. The highest BCUT2D eigenvalue weighted by atomic mass is 32.2. The zero-order valence-electron chi connectivity index (χ0n) is 13.1. The monoisotopic (exact) mass is 342 g/mol. The molecule has 1 amide bonds. The Morgan fingerprint density at radius 1 is 1.12 bits per heavy atom. The van der Waals surface area contributed by atoms with Crippen molar-refractivity contribution >= 4 is 29.4 Å². The van der Waals surface area contributed by atoms with Crippen LogP contribution in [0.5, 0.6) is 0 Å². The molecule has 2 aromatic carbocycles. The van der Waals surface area contributed by atoms with Crippen molar-refractivity contribution in [1.29, 1.82) is 0 Å². The van der Waals surface area contributed by atoms with Gasteiger partial charge in [-0.15, -0.1) is 0 Å². The Kier molecular flexibility index (Phi) is 7.04. The number of hydrogen-bond acceptors (Lipinski definition) is 4. The fraction of sp³-hybridized carbons (Fsp3) is 0.167. The van der Waals surface area contributed by atoms with Gasteiger partial charge in [-0.2, -0.15) is 11.8 Å². The van der Waals surface area contributed by atoms with Gasteiger partial charge in [-0.25, -0.2) is 0 Å². The van der Waals surface area contributed by atoms with Crippen LogP contribution in [-0.4, -0.2) is 23.1 Å². The quantitative estimate of drug-likeness (QED) is 0.344. The van der Waals surface area contributed by atoms with Crippen LogP contribution in [0.25, 0.3) is 6.08 Å². The van der Waals surface area contributed by atoms with Gasteiger partial charge in [0.25, 0.3) is 5.69 Å². The molecule has 6 heteroatoms. The topological polar surface area (TPSA) is 72.2 Å². The molecule has 0 spiro atoms. The van der Waals surface area contributed by atoms with Gasteiger partial charge in [0.15, 0.2) is 0 Å². The lowest BCUT2D eigenvalue weighted by Gasteiger charge is -2.03. The van der Waals surface area contributed by atoms with Crippen LogP contribution in [0.2, 0.25) is 0 Å². The first-order valence-electron chi connectivity index (χ1n) is 7.47. The molecule has 1 N–H and O–H groups in total. The van der Waals surface area contributed by atoms with Crippen LogP contribution in [0, 0.1) is 10.1 Å². The number of hydrogen-bond donors (Lipinski definition) is 1. The summed E-state index contributed by atoms with van der Waals surface area (Å²) in [5.41, 5.74) is 2.05. The van der Waals surface area contributed by atoms with Crippen molar-refractivity contribution in [3.05, 3.63) is 81.9 Å². The van der Waals surface area contributed by atoms with Gasteiger partial charge < -0.3 is 5.32 Å². The van der Waals surface area contributed by atoms with E-state index in [4.69, 9.17) is 0 Å². The summed E-state index contributed by atoms with van der Waals surface area (Å²) >= 11 is 1.76. The standard InChI is InChI=1S/C18H18N2O3S/c21-18(11-8-15-6-9-17(10-7-15)20(22)23)19-12-13-24-14-16-4-2-1-3-5-16/h1-11H,12-14H2,(H,19,21)/b11-8+. The molecule has 0 radical (unpaired) electrons. The summed E-state index contributed by atoms with van der Waals surface area (Å²) in [4.78, 5) is 21.8. The van der Waals surface area contributed by atoms with E-state index in [2.05, 4.69) is 17.4 Å². The molecule has 0 aliphatic rings. The van der Waals surface area contributed by atoms with Crippen molar-refractivity contribution in [2.45, 2.75) is 5.75 Å². The van der Waals surface area contributed by atoms with Crippen molar-refractivity contribution in [3.63, 3.8) is 0 Å². The maximum Gasteiger partial charge on any atom is 0.269 e. The van der Waals surface area contributed by atoms with Gasteiger partial charge in [-0.05, 0) is 29.3 Å². The number of benzene rings is 2. The molecule has 24 heavy (non-hydrogen) atoms. The van der Waals surface area contributed by atoms with E-state index >= 15 is 0 Å². The Morgan fingerprint density at radius 3 is 2.50 bits per heavy atom. The molecule has 0 aliphatic carbocycles. The number of non-ortho nitro benzene ring substituents is 1. The van der Waals surface area contributed by atoms with Crippen LogP contribution < -0.4 is 5.32 Å². The summed E-state index contributed by atoms with van der Waals surface area (Å²) in [6, 6.07) is 16.2. The molecule has 0 aromatic heterocycles. The lowest BCUT2D eigenvalue weighted by molar-refractivity contribution is -0.384. The molecule has 0 saturated carbocycles. The number of nitrogens with zero attached hydrogens (tertiary/aromatic N) is 1. The Hall–Kier alpha value is -2.60. The highest BCUT2D eigenvalue weighted by Gasteiger charge is 2.02. The molecule has 5 nitrogen and oxygen atoms in total. The third-order valence-electron chi connectivity index (χ3n) is 3.19. The van der Waals surface area contributed by atoms with Crippen LogP contribution in [0.3, 0.4) is 0 Å². The van der Waals surface area contributed by atoms with E-state index in [1.165, 1.54) is 23.8 Å². The predicted octanol–water partition coefficient (Wildman–Crippen LogP) is 3.66. The second-order valence-electron chi connectivity index (χ2n) is 5.01. The number of carbonyl (C=O) groups is 1. The maximum absolute atomic E-state index is 11.7. The van der Waals surface area contributed by atoms with Gasteiger partial charge in [-0.3, -0.25) is 14.9 Å². The summed E-state index contributed by atoms with van der Waals surface area (Å²) in [7, 11) is 0. The lowest BCUT2D eigenvalue weighted by atomic mass is 10.2. The zero-order chi connectivity index (χ0) is 17.2. The molecule has 124 valence electrons. The Balaban J connectivity index is 1.66. The van der Waals surface area contributed by atoms with Gasteiger partial charge in [-0.1, -0.05) is 30.3 Å². The minimum absolute atomic E-state index is 0.0343. The fourth-order valence-corrected chi connectivity index (χ4v) is 2.77. The fourth-order valence-electron chi connectivity index (χ4n) is 1.95. The molecule has 0 heterocycles. The first-order valence-corrected chi connectivity index (χ1v) is 8.62. The summed E-state index contributed by atoms with van der Waals surface area (Å²) in [6.45, 7) is 0.598. The van der Waals surface area contributed by atoms with Crippen molar-refractivity contribution in [2.24, 2.45) is 0 Å². The smallest absolute Gasteiger partial charge is 0.269 e. The summed E-state index contributed by atoms with van der Waals surface area (Å²) < 4.78 is 0. The van der Waals surface area contributed by atoms with Crippen molar-refractivity contribution in [3.8, 4) is 0 Å². The molecule has 2 rings (SSSR count). The summed E-state index contributed by atoms with van der Waals surface area (Å²) in [6.07, 6.45) is 3.07. The van der Waals surface area contributed by atoms with Crippen LogP contribution >= 0.6 is 11.8 Å². The highest BCUT2D eigenvalue weighted by molar-refractivity contribution is 7.98. The normalized spacial score (nSPS) is 10.7. The maximum atomic E-state index is 11.7. The number of rotatable bonds is 8. The second kappa shape index (κ2) is 9.52. The van der Waals surface area contributed by atoms with E-state index in [0.717, 1.165) is 17.1 Å². The van der Waals surface area contributed by atoms with Gasteiger partial charge >= 0.3 is 0 Å². The van der Waals surface area contributed by atoms with E-state index in [0.29, 0.717) is 6.54 Å². The van der Waals surface area contributed by atoms with Crippen molar-refractivity contribution in [2.75, 3.05) is 12.3 Å². The third-order valence-corrected chi connectivity index (χ3v) is 4.22. The number of nitro groups is 1. The Morgan fingerprint density at radius 2 is 1.83 bits per heavy atom. The average molecular weight is 342 g/mol. The first kappa shape index (κ1) is 17.7. The van der Waals surface area contributed by atoms with E-state index < -0.39 is 4.92 Å². The Bertz CT molecular complexity index is 700.